The molecule has 0 spiro atoms. The maximum Gasteiger partial charge on any atom is 0.149 e. The van der Waals surface area contributed by atoms with Crippen molar-refractivity contribution < 1.29 is 4.39 Å². The first-order chi connectivity index (χ1) is 8.36. The van der Waals surface area contributed by atoms with Crippen LogP contribution in [0.5, 0.6) is 0 Å². The number of nitrogens with zero attached hydrogens (tertiary/aromatic N) is 1. The van der Waals surface area contributed by atoms with Gasteiger partial charge < -0.3 is 5.32 Å². The van der Waals surface area contributed by atoms with Gasteiger partial charge in [-0.2, -0.15) is 0 Å². The Hall–Kier alpha value is -1.74. The molecule has 1 aromatic carbocycles. The highest BCUT2D eigenvalue weighted by atomic mass is 19.1. The van der Waals surface area contributed by atoms with E-state index in [0.717, 1.165) is 25.1 Å². The second-order valence-corrected chi connectivity index (χ2v) is 4.23. The molecule has 17 heavy (non-hydrogen) atoms. The molecule has 86 valence electrons. The molecule has 0 bridgehead atoms. The molecule has 1 N–H and O–H groups in total. The average molecular weight is 228 g/mol. The Kier molecular flexibility index (Phi) is 2.61. The van der Waals surface area contributed by atoms with Crippen LogP contribution in [0.2, 0.25) is 0 Å². The van der Waals surface area contributed by atoms with Gasteiger partial charge >= 0.3 is 0 Å². The first-order valence-corrected chi connectivity index (χ1v) is 5.77. The summed E-state index contributed by atoms with van der Waals surface area (Å²) in [6.45, 7) is 1.81. The van der Waals surface area contributed by atoms with Crippen LogP contribution in [0.4, 0.5) is 4.39 Å². The molecule has 0 fully saturated rings. The Morgan fingerprint density at radius 2 is 2.12 bits per heavy atom. The summed E-state index contributed by atoms with van der Waals surface area (Å²) in [5.74, 6) is -0.258. The molecular formula is C14H13FN2. The van der Waals surface area contributed by atoms with E-state index in [1.807, 2.05) is 12.1 Å². The molecule has 0 saturated carbocycles. The molecule has 1 aliphatic rings. The van der Waals surface area contributed by atoms with Crippen LogP contribution in [-0.4, -0.2) is 11.5 Å². The summed E-state index contributed by atoms with van der Waals surface area (Å²) < 4.78 is 13.8. The van der Waals surface area contributed by atoms with Gasteiger partial charge in [0.1, 0.15) is 5.82 Å². The average Bonchev–Trinajstić information content (AvgIpc) is 2.39. The van der Waals surface area contributed by atoms with Gasteiger partial charge in [-0.05, 0) is 35.7 Å². The molecule has 0 amide bonds. The predicted octanol–water partition coefficient (Wildman–Crippen LogP) is 2.53. The normalized spacial score (nSPS) is 14.4. The van der Waals surface area contributed by atoms with E-state index in [-0.39, 0.29) is 5.82 Å². The third-order valence-electron chi connectivity index (χ3n) is 3.21. The van der Waals surface area contributed by atoms with Crippen LogP contribution >= 0.6 is 0 Å². The van der Waals surface area contributed by atoms with Crippen molar-refractivity contribution in [3.05, 3.63) is 53.6 Å². The van der Waals surface area contributed by atoms with E-state index in [2.05, 4.69) is 16.4 Å². The number of nitrogens with one attached hydrogen (secondary N) is 1. The van der Waals surface area contributed by atoms with E-state index in [1.165, 1.54) is 17.3 Å². The fourth-order valence-electron chi connectivity index (χ4n) is 2.36. The van der Waals surface area contributed by atoms with Crippen molar-refractivity contribution in [1.82, 2.24) is 10.3 Å². The van der Waals surface area contributed by atoms with Crippen molar-refractivity contribution >= 4 is 0 Å². The van der Waals surface area contributed by atoms with Gasteiger partial charge in [-0.3, -0.25) is 4.98 Å². The van der Waals surface area contributed by atoms with Crippen LogP contribution in [0.3, 0.4) is 0 Å². The van der Waals surface area contributed by atoms with Crippen LogP contribution < -0.4 is 5.32 Å². The summed E-state index contributed by atoms with van der Waals surface area (Å²) in [5.41, 5.74) is 4.15. The Bertz CT molecular complexity index is 552. The van der Waals surface area contributed by atoms with Crippen LogP contribution in [0.1, 0.15) is 11.1 Å². The van der Waals surface area contributed by atoms with Crippen LogP contribution in [-0.2, 0) is 13.0 Å². The Labute approximate surface area is 99.5 Å². The molecule has 0 atom stereocenters. The van der Waals surface area contributed by atoms with Crippen molar-refractivity contribution in [1.29, 1.82) is 0 Å². The number of fused-ring (bicyclic) bond motifs is 1. The Balaban J connectivity index is 2.18. The van der Waals surface area contributed by atoms with Gasteiger partial charge in [0.2, 0.25) is 0 Å². The van der Waals surface area contributed by atoms with Gasteiger partial charge in [0.25, 0.3) is 0 Å². The lowest BCUT2D eigenvalue weighted by atomic mass is 9.92. The molecule has 1 aromatic heterocycles. The minimum Gasteiger partial charge on any atom is -0.312 e. The molecule has 3 heteroatoms. The molecule has 0 unspecified atom stereocenters. The molecule has 0 radical (unpaired) electrons. The second-order valence-electron chi connectivity index (χ2n) is 4.23. The Morgan fingerprint density at radius 1 is 1.18 bits per heavy atom. The lowest BCUT2D eigenvalue weighted by Gasteiger charge is -2.20. The van der Waals surface area contributed by atoms with Crippen molar-refractivity contribution in [2.24, 2.45) is 0 Å². The van der Waals surface area contributed by atoms with E-state index in [1.54, 1.807) is 12.3 Å². The van der Waals surface area contributed by atoms with Crippen molar-refractivity contribution in [3.8, 4) is 11.1 Å². The first kappa shape index (κ1) is 10.4. The zero-order valence-corrected chi connectivity index (χ0v) is 9.41. The van der Waals surface area contributed by atoms with Gasteiger partial charge in [-0.25, -0.2) is 4.39 Å². The molecule has 1 aliphatic heterocycles. The van der Waals surface area contributed by atoms with E-state index in [0.29, 0.717) is 5.56 Å². The largest absolute Gasteiger partial charge is 0.312 e. The van der Waals surface area contributed by atoms with E-state index < -0.39 is 0 Å². The van der Waals surface area contributed by atoms with Crippen molar-refractivity contribution in [3.63, 3.8) is 0 Å². The summed E-state index contributed by atoms with van der Waals surface area (Å²) in [6.07, 6.45) is 3.91. The van der Waals surface area contributed by atoms with E-state index >= 15 is 0 Å². The summed E-state index contributed by atoms with van der Waals surface area (Å²) in [5, 5.41) is 3.33. The zero-order valence-electron chi connectivity index (χ0n) is 9.41. The number of hydrogen-bond donors (Lipinski definition) is 1. The van der Waals surface area contributed by atoms with Crippen LogP contribution in [0.25, 0.3) is 11.1 Å². The van der Waals surface area contributed by atoms with Crippen molar-refractivity contribution in [2.75, 3.05) is 6.54 Å². The molecule has 2 aromatic rings. The number of pyridine rings is 1. The standard InChI is InChI=1S/C14H13FN2/c15-14-9-17-7-5-12(14)11-3-1-2-10-4-6-16-8-13(10)11/h1-3,5,7,9,16H,4,6,8H2. The zero-order chi connectivity index (χ0) is 11.7. The molecule has 2 heterocycles. The number of halogens is 1. The smallest absolute Gasteiger partial charge is 0.149 e. The van der Waals surface area contributed by atoms with E-state index in [9.17, 15) is 4.39 Å². The van der Waals surface area contributed by atoms with Gasteiger partial charge in [-0.1, -0.05) is 18.2 Å². The highest BCUT2D eigenvalue weighted by Gasteiger charge is 2.15. The molecule has 0 aliphatic carbocycles. The SMILES string of the molecule is Fc1cnccc1-c1cccc2c1CNCC2. The lowest BCUT2D eigenvalue weighted by molar-refractivity contribution is 0.622. The number of aromatic nitrogens is 1. The highest BCUT2D eigenvalue weighted by molar-refractivity contribution is 5.69. The van der Waals surface area contributed by atoms with Gasteiger partial charge in [0, 0.05) is 18.3 Å². The molecule has 0 saturated heterocycles. The minimum absolute atomic E-state index is 0.258. The van der Waals surface area contributed by atoms with E-state index in [4.69, 9.17) is 0 Å². The summed E-state index contributed by atoms with van der Waals surface area (Å²) >= 11 is 0. The topological polar surface area (TPSA) is 24.9 Å². The van der Waals surface area contributed by atoms with Crippen molar-refractivity contribution in [2.45, 2.75) is 13.0 Å². The fourth-order valence-corrected chi connectivity index (χ4v) is 2.36. The van der Waals surface area contributed by atoms with Gasteiger partial charge in [0.05, 0.1) is 6.20 Å². The number of benzene rings is 1. The third kappa shape index (κ3) is 1.83. The quantitative estimate of drug-likeness (QED) is 0.811. The van der Waals surface area contributed by atoms with Crippen LogP contribution in [0.15, 0.2) is 36.7 Å². The third-order valence-corrected chi connectivity index (χ3v) is 3.21. The molecule has 2 nitrogen and oxygen atoms in total. The first-order valence-electron chi connectivity index (χ1n) is 5.77. The maximum atomic E-state index is 13.8. The number of rotatable bonds is 1. The second kappa shape index (κ2) is 4.26. The van der Waals surface area contributed by atoms with Crippen LogP contribution in [0, 0.1) is 5.82 Å². The fraction of sp³-hybridized carbons (Fsp3) is 0.214. The number of hydrogen-bond acceptors (Lipinski definition) is 2. The molecule has 3 rings (SSSR count). The highest BCUT2D eigenvalue weighted by Crippen LogP contribution is 2.29. The van der Waals surface area contributed by atoms with Gasteiger partial charge in [0.15, 0.2) is 0 Å². The summed E-state index contributed by atoms with van der Waals surface area (Å²) in [6, 6.07) is 7.84. The lowest BCUT2D eigenvalue weighted by Crippen LogP contribution is -2.24. The minimum atomic E-state index is -0.258. The molecular weight excluding hydrogens is 215 g/mol. The monoisotopic (exact) mass is 228 g/mol. The predicted molar refractivity (Wildman–Crippen MR) is 65.0 cm³/mol. The maximum absolute atomic E-state index is 13.8. The van der Waals surface area contributed by atoms with Gasteiger partial charge in [-0.15, -0.1) is 0 Å². The summed E-state index contributed by atoms with van der Waals surface area (Å²) in [7, 11) is 0. The Morgan fingerprint density at radius 3 is 3.00 bits per heavy atom. The summed E-state index contributed by atoms with van der Waals surface area (Å²) in [4.78, 5) is 3.79.